The second-order valence-corrected chi connectivity index (χ2v) is 5.26. The second kappa shape index (κ2) is 4.95. The number of methoxy groups -OCH3 is 1. The van der Waals surface area contributed by atoms with Crippen LogP contribution in [0.1, 0.15) is 5.69 Å². The molecular formula is C17H15N5O. The number of rotatable bonds is 2. The number of anilines is 1. The molecule has 0 aliphatic rings. The van der Waals surface area contributed by atoms with E-state index in [-0.39, 0.29) is 0 Å². The van der Waals surface area contributed by atoms with Crippen molar-refractivity contribution < 1.29 is 4.74 Å². The summed E-state index contributed by atoms with van der Waals surface area (Å²) in [4.78, 5) is 13.7. The molecule has 0 spiro atoms. The molecule has 0 aliphatic heterocycles. The van der Waals surface area contributed by atoms with Crippen molar-refractivity contribution in [3.05, 3.63) is 48.2 Å². The van der Waals surface area contributed by atoms with Crippen LogP contribution < -0.4 is 10.5 Å². The van der Waals surface area contributed by atoms with Gasteiger partial charge in [-0.2, -0.15) is 4.98 Å². The number of hydrogen-bond acceptors (Lipinski definition) is 5. The molecule has 114 valence electrons. The minimum Gasteiger partial charge on any atom is -0.481 e. The van der Waals surface area contributed by atoms with Gasteiger partial charge in [0, 0.05) is 11.6 Å². The highest BCUT2D eigenvalue weighted by Crippen LogP contribution is 2.29. The third-order valence-corrected chi connectivity index (χ3v) is 3.82. The molecule has 23 heavy (non-hydrogen) atoms. The van der Waals surface area contributed by atoms with Gasteiger partial charge < -0.3 is 10.5 Å². The molecule has 0 atom stereocenters. The molecule has 6 heteroatoms. The fraction of sp³-hybridized carbons (Fsp3) is 0.118. The average Bonchev–Trinajstić information content (AvgIpc) is 2.94. The first-order chi connectivity index (χ1) is 11.2. The van der Waals surface area contributed by atoms with Gasteiger partial charge in [-0.05, 0) is 13.0 Å². The molecule has 0 aliphatic carbocycles. The number of ether oxygens (including phenoxy) is 1. The number of aromatic nitrogens is 4. The van der Waals surface area contributed by atoms with Crippen molar-refractivity contribution in [1.82, 2.24) is 19.4 Å². The van der Waals surface area contributed by atoms with Gasteiger partial charge in [0.1, 0.15) is 16.9 Å². The maximum Gasteiger partial charge on any atom is 0.215 e. The number of fused-ring (bicyclic) bond motifs is 3. The second-order valence-electron chi connectivity index (χ2n) is 5.26. The number of nitrogens with zero attached hydrogens (tertiary/aromatic N) is 4. The molecule has 3 aromatic heterocycles. The SMILES string of the molecule is COc1ccc2nc(N)c3c(C)nc(-c4ccccc4)n3c2n1. The maximum atomic E-state index is 6.15. The van der Waals surface area contributed by atoms with Crippen molar-refractivity contribution in [2.45, 2.75) is 6.92 Å². The van der Waals surface area contributed by atoms with E-state index in [1.165, 1.54) is 0 Å². The van der Waals surface area contributed by atoms with E-state index < -0.39 is 0 Å². The lowest BCUT2D eigenvalue weighted by atomic mass is 10.2. The summed E-state index contributed by atoms with van der Waals surface area (Å²) in [5.41, 5.74) is 10.1. The van der Waals surface area contributed by atoms with Crippen molar-refractivity contribution >= 4 is 22.5 Å². The van der Waals surface area contributed by atoms with Gasteiger partial charge in [0.2, 0.25) is 5.88 Å². The molecule has 0 fully saturated rings. The lowest BCUT2D eigenvalue weighted by Crippen LogP contribution is -2.02. The number of benzene rings is 1. The first-order valence-electron chi connectivity index (χ1n) is 7.23. The standard InChI is InChI=1S/C17H15N5O/c1-10-14-15(18)20-12-8-9-13(23-2)21-17(12)22(14)16(19-10)11-6-4-3-5-7-11/h3-9H,1-2H3,(H2,18,20). The van der Waals surface area contributed by atoms with Gasteiger partial charge in [-0.1, -0.05) is 30.3 Å². The molecule has 3 heterocycles. The highest BCUT2D eigenvalue weighted by Gasteiger charge is 2.17. The first-order valence-corrected chi connectivity index (χ1v) is 7.23. The number of hydrogen-bond donors (Lipinski definition) is 1. The van der Waals surface area contributed by atoms with Gasteiger partial charge in [0.15, 0.2) is 11.5 Å². The molecule has 0 amide bonds. The van der Waals surface area contributed by atoms with Gasteiger partial charge in [-0.15, -0.1) is 0 Å². The van der Waals surface area contributed by atoms with E-state index in [1.807, 2.05) is 47.7 Å². The summed E-state index contributed by atoms with van der Waals surface area (Å²) in [6.07, 6.45) is 0. The predicted molar refractivity (Wildman–Crippen MR) is 89.4 cm³/mol. The summed E-state index contributed by atoms with van der Waals surface area (Å²) in [5.74, 6) is 1.75. The zero-order valence-corrected chi connectivity index (χ0v) is 12.8. The van der Waals surface area contributed by atoms with Crippen molar-refractivity contribution in [2.75, 3.05) is 12.8 Å². The van der Waals surface area contributed by atoms with Crippen LogP contribution in [0.2, 0.25) is 0 Å². The highest BCUT2D eigenvalue weighted by atomic mass is 16.5. The van der Waals surface area contributed by atoms with Crippen LogP contribution in [0.25, 0.3) is 28.1 Å². The molecule has 4 rings (SSSR count). The van der Waals surface area contributed by atoms with E-state index in [9.17, 15) is 0 Å². The Morgan fingerprint density at radius 2 is 1.78 bits per heavy atom. The van der Waals surface area contributed by atoms with Gasteiger partial charge in [-0.25, -0.2) is 9.97 Å². The summed E-state index contributed by atoms with van der Waals surface area (Å²) in [6, 6.07) is 13.6. The van der Waals surface area contributed by atoms with Crippen molar-refractivity contribution in [3.63, 3.8) is 0 Å². The smallest absolute Gasteiger partial charge is 0.215 e. The lowest BCUT2D eigenvalue weighted by molar-refractivity contribution is 0.399. The molecule has 6 nitrogen and oxygen atoms in total. The van der Waals surface area contributed by atoms with E-state index >= 15 is 0 Å². The summed E-state index contributed by atoms with van der Waals surface area (Å²) >= 11 is 0. The molecule has 0 bridgehead atoms. The number of nitrogens with two attached hydrogens (primary N) is 1. The van der Waals surface area contributed by atoms with E-state index in [1.54, 1.807) is 13.2 Å². The predicted octanol–water partition coefficient (Wildman–Crippen LogP) is 2.84. The Labute approximate surface area is 132 Å². The third kappa shape index (κ3) is 1.99. The lowest BCUT2D eigenvalue weighted by Gasteiger charge is -2.08. The summed E-state index contributed by atoms with van der Waals surface area (Å²) < 4.78 is 7.20. The summed E-state index contributed by atoms with van der Waals surface area (Å²) in [5, 5.41) is 0. The van der Waals surface area contributed by atoms with Crippen LogP contribution in [-0.4, -0.2) is 26.5 Å². The van der Waals surface area contributed by atoms with Crippen molar-refractivity contribution in [1.29, 1.82) is 0 Å². The number of imidazole rings is 1. The van der Waals surface area contributed by atoms with Crippen LogP contribution in [0, 0.1) is 6.92 Å². The van der Waals surface area contributed by atoms with Crippen LogP contribution >= 0.6 is 0 Å². The monoisotopic (exact) mass is 305 g/mol. The minimum absolute atomic E-state index is 0.441. The molecule has 0 saturated heterocycles. The van der Waals surface area contributed by atoms with Crippen LogP contribution in [0.3, 0.4) is 0 Å². The van der Waals surface area contributed by atoms with E-state index in [4.69, 9.17) is 10.5 Å². The van der Waals surface area contributed by atoms with Crippen molar-refractivity contribution in [2.24, 2.45) is 0 Å². The largest absolute Gasteiger partial charge is 0.481 e. The summed E-state index contributed by atoms with van der Waals surface area (Å²) in [7, 11) is 1.59. The quantitative estimate of drug-likeness (QED) is 0.616. The van der Waals surface area contributed by atoms with Gasteiger partial charge >= 0.3 is 0 Å². The van der Waals surface area contributed by atoms with Crippen LogP contribution in [0.5, 0.6) is 5.88 Å². The molecule has 0 unspecified atom stereocenters. The average molecular weight is 305 g/mol. The molecular weight excluding hydrogens is 290 g/mol. The molecule has 0 saturated carbocycles. The Morgan fingerprint density at radius 1 is 1.00 bits per heavy atom. The molecule has 1 aromatic carbocycles. The van der Waals surface area contributed by atoms with Crippen molar-refractivity contribution in [3.8, 4) is 17.3 Å². The minimum atomic E-state index is 0.441. The Balaban J connectivity index is 2.20. The van der Waals surface area contributed by atoms with E-state index in [2.05, 4.69) is 15.0 Å². The number of pyridine rings is 1. The third-order valence-electron chi connectivity index (χ3n) is 3.82. The number of aryl methyl sites for hydroxylation is 1. The maximum absolute atomic E-state index is 6.15. The molecule has 2 N–H and O–H groups in total. The van der Waals surface area contributed by atoms with Crippen LogP contribution in [0.4, 0.5) is 5.82 Å². The van der Waals surface area contributed by atoms with Gasteiger partial charge in [0.25, 0.3) is 0 Å². The normalized spacial score (nSPS) is 11.2. The van der Waals surface area contributed by atoms with Gasteiger partial charge in [-0.3, -0.25) is 4.40 Å². The fourth-order valence-corrected chi connectivity index (χ4v) is 2.79. The van der Waals surface area contributed by atoms with Crippen LogP contribution in [-0.2, 0) is 0 Å². The number of nitrogen functional groups attached to an aromatic ring is 1. The first kappa shape index (κ1) is 13.5. The Kier molecular flexibility index (Phi) is 2.90. The fourth-order valence-electron chi connectivity index (χ4n) is 2.79. The zero-order valence-electron chi connectivity index (χ0n) is 12.8. The zero-order chi connectivity index (χ0) is 16.0. The topological polar surface area (TPSA) is 78.3 Å². The molecule has 4 aromatic rings. The summed E-state index contributed by atoms with van der Waals surface area (Å²) in [6.45, 7) is 1.92. The van der Waals surface area contributed by atoms with E-state index in [0.717, 1.165) is 22.6 Å². The highest BCUT2D eigenvalue weighted by molar-refractivity contribution is 5.85. The van der Waals surface area contributed by atoms with E-state index in [0.29, 0.717) is 22.9 Å². The molecule has 0 radical (unpaired) electrons. The van der Waals surface area contributed by atoms with Crippen LogP contribution in [0.15, 0.2) is 42.5 Å². The Hall–Kier alpha value is -3.15. The Morgan fingerprint density at radius 3 is 2.52 bits per heavy atom. The Bertz CT molecular complexity index is 1020. The van der Waals surface area contributed by atoms with Gasteiger partial charge in [0.05, 0.1) is 12.8 Å².